The smallest absolute Gasteiger partial charge is 0.352 e. The van der Waals surface area contributed by atoms with E-state index in [1.807, 2.05) is 6.08 Å². The molecule has 1 atom stereocenters. The van der Waals surface area contributed by atoms with Gasteiger partial charge in [0, 0.05) is 11.8 Å². The number of hydrogen-bond acceptors (Lipinski definition) is 1. The molecule has 4 heteroatoms. The van der Waals surface area contributed by atoms with Gasteiger partial charge in [-0.05, 0) is 17.8 Å². The van der Waals surface area contributed by atoms with Gasteiger partial charge in [0.15, 0.2) is 0 Å². The van der Waals surface area contributed by atoms with Crippen LogP contribution in [-0.4, -0.2) is 22.2 Å². The van der Waals surface area contributed by atoms with Crippen LogP contribution in [0.25, 0.3) is 5.57 Å². The second-order valence-electron chi connectivity index (χ2n) is 3.02. The zero-order valence-corrected chi connectivity index (χ0v) is 8.45. The second kappa shape index (κ2) is 3.81. The highest BCUT2D eigenvalue weighted by Gasteiger charge is 2.08. The van der Waals surface area contributed by atoms with Crippen LogP contribution in [0.2, 0.25) is 0 Å². The van der Waals surface area contributed by atoms with Gasteiger partial charge in [-0.2, -0.15) is 0 Å². The Morgan fingerprint density at radius 2 is 2.43 bits per heavy atom. The summed E-state index contributed by atoms with van der Waals surface area (Å²) in [5.41, 5.74) is 2.30. The molecule has 0 fully saturated rings. The van der Waals surface area contributed by atoms with E-state index < -0.39 is 5.97 Å². The van der Waals surface area contributed by atoms with Crippen LogP contribution < -0.4 is 0 Å². The first-order valence-electron chi connectivity index (χ1n) is 4.29. The van der Waals surface area contributed by atoms with Crippen LogP contribution >= 0.6 is 8.58 Å². The predicted octanol–water partition coefficient (Wildman–Crippen LogP) is 2.30. The Morgan fingerprint density at radius 3 is 3.00 bits per heavy atom. The molecule has 1 aromatic heterocycles. The number of allylic oxidation sites excluding steroid dienone is 3. The average molecular weight is 207 g/mol. The van der Waals surface area contributed by atoms with Crippen molar-refractivity contribution in [1.82, 2.24) is 4.98 Å². The summed E-state index contributed by atoms with van der Waals surface area (Å²) in [7, 11) is 0.801. The van der Waals surface area contributed by atoms with Gasteiger partial charge in [0.25, 0.3) is 0 Å². The molecule has 0 radical (unpaired) electrons. The molecular formula is C10H10NO2P. The molecule has 14 heavy (non-hydrogen) atoms. The molecule has 3 nitrogen and oxygen atoms in total. The largest absolute Gasteiger partial charge is 0.477 e. The molecule has 0 spiro atoms. The van der Waals surface area contributed by atoms with Gasteiger partial charge in [0.05, 0.1) is 0 Å². The van der Waals surface area contributed by atoms with Crippen LogP contribution in [0.3, 0.4) is 0 Å². The SMILES string of the molecule is O=C(O)c1cc(C2=CPCC=C2)c[nH]1. The Hall–Kier alpha value is -1.34. The van der Waals surface area contributed by atoms with E-state index in [1.54, 1.807) is 12.3 Å². The number of carbonyl (C=O) groups is 1. The monoisotopic (exact) mass is 207 g/mol. The maximum absolute atomic E-state index is 10.6. The molecule has 2 heterocycles. The molecule has 72 valence electrons. The number of nitrogens with one attached hydrogen (secondary N) is 1. The molecule has 0 aromatic carbocycles. The van der Waals surface area contributed by atoms with Crippen molar-refractivity contribution in [3.05, 3.63) is 41.5 Å². The number of rotatable bonds is 2. The summed E-state index contributed by atoms with van der Waals surface area (Å²) >= 11 is 0. The Balaban J connectivity index is 2.28. The van der Waals surface area contributed by atoms with Crippen molar-refractivity contribution in [2.75, 3.05) is 6.16 Å². The van der Waals surface area contributed by atoms with Crippen molar-refractivity contribution in [2.45, 2.75) is 0 Å². The zero-order chi connectivity index (χ0) is 9.97. The second-order valence-corrected chi connectivity index (χ2v) is 4.12. The summed E-state index contributed by atoms with van der Waals surface area (Å²) in [6, 6.07) is 1.66. The van der Waals surface area contributed by atoms with E-state index in [4.69, 9.17) is 5.11 Å². The van der Waals surface area contributed by atoms with Gasteiger partial charge in [0.2, 0.25) is 0 Å². The van der Waals surface area contributed by atoms with Gasteiger partial charge < -0.3 is 10.1 Å². The molecule has 0 amide bonds. The normalized spacial score (nSPS) is 17.0. The first-order chi connectivity index (χ1) is 6.77. The van der Waals surface area contributed by atoms with E-state index in [0.29, 0.717) is 0 Å². The molecule has 1 unspecified atom stereocenters. The Morgan fingerprint density at radius 1 is 1.57 bits per heavy atom. The summed E-state index contributed by atoms with van der Waals surface area (Å²) in [5, 5.41) is 8.73. The van der Waals surface area contributed by atoms with E-state index >= 15 is 0 Å². The molecular weight excluding hydrogens is 197 g/mol. The Bertz CT molecular complexity index is 418. The third-order valence-corrected chi connectivity index (χ3v) is 3.02. The van der Waals surface area contributed by atoms with Gasteiger partial charge in [-0.3, -0.25) is 0 Å². The van der Waals surface area contributed by atoms with E-state index in [2.05, 4.69) is 16.9 Å². The summed E-state index contributed by atoms with van der Waals surface area (Å²) in [6.45, 7) is 0. The van der Waals surface area contributed by atoms with Crippen LogP contribution in [-0.2, 0) is 0 Å². The average Bonchev–Trinajstić information content (AvgIpc) is 2.68. The molecule has 0 aliphatic carbocycles. The van der Waals surface area contributed by atoms with E-state index in [1.165, 1.54) is 0 Å². The maximum Gasteiger partial charge on any atom is 0.352 e. The molecule has 2 N–H and O–H groups in total. The van der Waals surface area contributed by atoms with Gasteiger partial charge in [-0.25, -0.2) is 4.79 Å². The Kier molecular flexibility index (Phi) is 2.51. The van der Waals surface area contributed by atoms with Gasteiger partial charge >= 0.3 is 5.97 Å². The number of H-pyrrole nitrogens is 1. The fraction of sp³-hybridized carbons (Fsp3) is 0.100. The van der Waals surface area contributed by atoms with Gasteiger partial charge in [-0.1, -0.05) is 26.5 Å². The quantitative estimate of drug-likeness (QED) is 0.731. The first-order valence-corrected chi connectivity index (χ1v) is 5.58. The van der Waals surface area contributed by atoms with E-state index in [0.717, 1.165) is 25.9 Å². The van der Waals surface area contributed by atoms with E-state index in [9.17, 15) is 4.79 Å². The maximum atomic E-state index is 10.6. The van der Waals surface area contributed by atoms with Crippen molar-refractivity contribution in [3.63, 3.8) is 0 Å². The first kappa shape index (κ1) is 9.22. The lowest BCUT2D eigenvalue weighted by Gasteiger charge is -2.03. The summed E-state index contributed by atoms with van der Waals surface area (Å²) in [5.74, 6) is 1.23. The van der Waals surface area contributed by atoms with Crippen molar-refractivity contribution in [2.24, 2.45) is 0 Å². The third kappa shape index (κ3) is 1.78. The molecule has 0 saturated carbocycles. The van der Waals surface area contributed by atoms with Crippen LogP contribution in [0.4, 0.5) is 0 Å². The molecule has 0 bridgehead atoms. The predicted molar refractivity (Wildman–Crippen MR) is 58.1 cm³/mol. The zero-order valence-electron chi connectivity index (χ0n) is 7.45. The topological polar surface area (TPSA) is 53.1 Å². The van der Waals surface area contributed by atoms with Crippen LogP contribution in [0.1, 0.15) is 16.1 Å². The van der Waals surface area contributed by atoms with Crippen LogP contribution in [0, 0.1) is 0 Å². The van der Waals surface area contributed by atoms with Gasteiger partial charge in [0.1, 0.15) is 5.69 Å². The fourth-order valence-electron chi connectivity index (χ4n) is 1.33. The third-order valence-electron chi connectivity index (χ3n) is 2.04. The van der Waals surface area contributed by atoms with Crippen molar-refractivity contribution < 1.29 is 9.90 Å². The minimum Gasteiger partial charge on any atom is -0.477 e. The molecule has 2 rings (SSSR count). The number of carboxylic acid groups (broad SMARTS) is 1. The van der Waals surface area contributed by atoms with Crippen molar-refractivity contribution in [1.29, 1.82) is 0 Å². The summed E-state index contributed by atoms with van der Waals surface area (Å²) < 4.78 is 0. The van der Waals surface area contributed by atoms with E-state index in [-0.39, 0.29) is 5.69 Å². The minimum absolute atomic E-state index is 0.239. The number of aromatic carboxylic acids is 1. The molecule has 1 aromatic rings. The highest BCUT2D eigenvalue weighted by atomic mass is 31.1. The number of aromatic nitrogens is 1. The molecule has 1 aliphatic heterocycles. The summed E-state index contributed by atoms with van der Waals surface area (Å²) in [6.07, 6.45) is 6.97. The number of carboxylic acids is 1. The van der Waals surface area contributed by atoms with Crippen molar-refractivity contribution in [3.8, 4) is 0 Å². The van der Waals surface area contributed by atoms with Crippen LogP contribution in [0.15, 0.2) is 30.2 Å². The fourth-order valence-corrected chi connectivity index (χ4v) is 2.19. The lowest BCUT2D eigenvalue weighted by atomic mass is 10.1. The highest BCUT2D eigenvalue weighted by molar-refractivity contribution is 7.42. The molecule has 1 aliphatic rings. The summed E-state index contributed by atoms with van der Waals surface area (Å²) in [4.78, 5) is 13.4. The number of hydrogen-bond donors (Lipinski definition) is 2. The standard InChI is InChI=1S/C10H10NO2P/c12-10(13)9-4-8(5-11-9)7-2-1-3-14-6-7/h1-2,4-6,11,14H,3H2,(H,12,13). The Labute approximate surface area is 83.3 Å². The molecule has 0 saturated heterocycles. The van der Waals surface area contributed by atoms with Gasteiger partial charge in [-0.15, -0.1) is 0 Å². The number of aromatic amines is 1. The lowest BCUT2D eigenvalue weighted by molar-refractivity contribution is 0.0691. The lowest BCUT2D eigenvalue weighted by Crippen LogP contribution is -1.94. The van der Waals surface area contributed by atoms with Crippen molar-refractivity contribution >= 4 is 20.1 Å². The minimum atomic E-state index is -0.918. The highest BCUT2D eigenvalue weighted by Crippen LogP contribution is 2.28. The van der Waals surface area contributed by atoms with Crippen LogP contribution in [0.5, 0.6) is 0 Å².